The summed E-state index contributed by atoms with van der Waals surface area (Å²) in [5, 5.41) is 0. The molecule has 1 aromatic carbocycles. The number of nitrogens with two attached hydrogens (primary N) is 1. The van der Waals surface area contributed by atoms with Crippen molar-refractivity contribution in [3.8, 4) is 22.9 Å². The lowest BCUT2D eigenvalue weighted by atomic mass is 10.1. The van der Waals surface area contributed by atoms with Gasteiger partial charge in [0.25, 0.3) is 0 Å². The summed E-state index contributed by atoms with van der Waals surface area (Å²) in [6, 6.07) is 5.54. The first kappa shape index (κ1) is 14.1. The van der Waals surface area contributed by atoms with Gasteiger partial charge in [0.2, 0.25) is 0 Å². The minimum absolute atomic E-state index is 0.508. The molecule has 0 spiro atoms. The largest absolute Gasteiger partial charge is 0.497 e. The van der Waals surface area contributed by atoms with E-state index in [1.165, 1.54) is 0 Å². The van der Waals surface area contributed by atoms with E-state index in [2.05, 4.69) is 9.97 Å². The molecule has 1 aromatic heterocycles. The van der Waals surface area contributed by atoms with Crippen molar-refractivity contribution in [1.29, 1.82) is 0 Å². The van der Waals surface area contributed by atoms with Crippen LogP contribution in [0.1, 0.15) is 18.2 Å². The molecule has 1 heterocycles. The number of aromatic nitrogens is 2. The fraction of sp³-hybridized carbons (Fsp3) is 0.333. The Morgan fingerprint density at radius 1 is 1.05 bits per heavy atom. The summed E-state index contributed by atoms with van der Waals surface area (Å²) in [4.78, 5) is 8.93. The summed E-state index contributed by atoms with van der Waals surface area (Å²) < 4.78 is 10.5. The third-order valence-corrected chi connectivity index (χ3v) is 3.23. The SMILES string of the molecule is CCc1nc(-c2cc(OC)cc(OC)c2)nc(N)c1C. The van der Waals surface area contributed by atoms with Crippen molar-refractivity contribution >= 4 is 5.82 Å². The van der Waals surface area contributed by atoms with E-state index in [1.54, 1.807) is 14.2 Å². The second-order valence-corrected chi connectivity index (χ2v) is 4.46. The standard InChI is InChI=1S/C15H19N3O2/c1-5-13-9(2)14(16)18-15(17-13)10-6-11(19-3)8-12(7-10)20-4/h6-8H,5H2,1-4H3,(H2,16,17,18). The fourth-order valence-corrected chi connectivity index (χ4v) is 1.99. The Morgan fingerprint density at radius 2 is 1.65 bits per heavy atom. The van der Waals surface area contributed by atoms with Crippen LogP contribution in [-0.2, 0) is 6.42 Å². The van der Waals surface area contributed by atoms with Crippen molar-refractivity contribution in [3.05, 3.63) is 29.5 Å². The first-order chi connectivity index (χ1) is 9.58. The van der Waals surface area contributed by atoms with Crippen LogP contribution in [0.2, 0.25) is 0 Å². The number of anilines is 1. The van der Waals surface area contributed by atoms with Crippen LogP contribution in [-0.4, -0.2) is 24.2 Å². The average molecular weight is 273 g/mol. The maximum absolute atomic E-state index is 5.96. The van der Waals surface area contributed by atoms with Gasteiger partial charge in [0.05, 0.1) is 14.2 Å². The Labute approximate surface area is 118 Å². The number of benzene rings is 1. The summed E-state index contributed by atoms with van der Waals surface area (Å²) in [6.07, 6.45) is 0.812. The van der Waals surface area contributed by atoms with Crippen molar-refractivity contribution < 1.29 is 9.47 Å². The molecule has 0 radical (unpaired) electrons. The van der Waals surface area contributed by atoms with Gasteiger partial charge in [-0.1, -0.05) is 6.92 Å². The Bertz CT molecular complexity index is 605. The predicted octanol–water partition coefficient (Wildman–Crippen LogP) is 2.61. The van der Waals surface area contributed by atoms with Crippen LogP contribution in [0.25, 0.3) is 11.4 Å². The molecule has 0 saturated carbocycles. The van der Waals surface area contributed by atoms with Gasteiger partial charge in [-0.3, -0.25) is 0 Å². The molecular formula is C15H19N3O2. The molecule has 2 rings (SSSR count). The van der Waals surface area contributed by atoms with Gasteiger partial charge in [-0.25, -0.2) is 9.97 Å². The van der Waals surface area contributed by atoms with Crippen LogP contribution in [0.3, 0.4) is 0 Å². The van der Waals surface area contributed by atoms with E-state index in [0.717, 1.165) is 23.2 Å². The maximum Gasteiger partial charge on any atom is 0.162 e. The van der Waals surface area contributed by atoms with Gasteiger partial charge in [0.1, 0.15) is 17.3 Å². The van der Waals surface area contributed by atoms with Gasteiger partial charge >= 0.3 is 0 Å². The van der Waals surface area contributed by atoms with Gasteiger partial charge in [-0.2, -0.15) is 0 Å². The monoisotopic (exact) mass is 273 g/mol. The Hall–Kier alpha value is -2.30. The van der Waals surface area contributed by atoms with E-state index >= 15 is 0 Å². The van der Waals surface area contributed by atoms with Crippen molar-refractivity contribution in [2.75, 3.05) is 20.0 Å². The molecule has 0 amide bonds. The molecule has 0 bridgehead atoms. The first-order valence-electron chi connectivity index (χ1n) is 6.45. The van der Waals surface area contributed by atoms with Crippen molar-refractivity contribution in [3.63, 3.8) is 0 Å². The molecular weight excluding hydrogens is 254 g/mol. The van der Waals surface area contributed by atoms with Crippen LogP contribution >= 0.6 is 0 Å². The number of nitrogens with zero attached hydrogens (tertiary/aromatic N) is 2. The topological polar surface area (TPSA) is 70.3 Å². The fourth-order valence-electron chi connectivity index (χ4n) is 1.99. The van der Waals surface area contributed by atoms with Crippen molar-refractivity contribution in [2.24, 2.45) is 0 Å². The second-order valence-electron chi connectivity index (χ2n) is 4.46. The second kappa shape index (κ2) is 5.77. The van der Waals surface area contributed by atoms with Crippen LogP contribution in [0, 0.1) is 6.92 Å². The van der Waals surface area contributed by atoms with Gasteiger partial charge in [-0.15, -0.1) is 0 Å². The zero-order valence-electron chi connectivity index (χ0n) is 12.2. The third-order valence-electron chi connectivity index (χ3n) is 3.23. The number of ether oxygens (including phenoxy) is 2. The van der Waals surface area contributed by atoms with E-state index in [-0.39, 0.29) is 0 Å². The quantitative estimate of drug-likeness (QED) is 0.927. The number of aryl methyl sites for hydroxylation is 1. The minimum atomic E-state index is 0.508. The van der Waals surface area contributed by atoms with E-state index in [0.29, 0.717) is 23.1 Å². The van der Waals surface area contributed by atoms with Gasteiger partial charge < -0.3 is 15.2 Å². The molecule has 0 unspecified atom stereocenters. The zero-order chi connectivity index (χ0) is 14.7. The number of rotatable bonds is 4. The zero-order valence-corrected chi connectivity index (χ0v) is 12.2. The molecule has 5 heteroatoms. The lowest BCUT2D eigenvalue weighted by Gasteiger charge is -2.11. The molecule has 2 N–H and O–H groups in total. The molecule has 106 valence electrons. The lowest BCUT2D eigenvalue weighted by Crippen LogP contribution is -2.04. The molecule has 2 aromatic rings. The first-order valence-corrected chi connectivity index (χ1v) is 6.45. The summed E-state index contributed by atoms with van der Waals surface area (Å²) >= 11 is 0. The van der Waals surface area contributed by atoms with E-state index in [4.69, 9.17) is 15.2 Å². The van der Waals surface area contributed by atoms with Gasteiger partial charge in [-0.05, 0) is 25.5 Å². The molecule has 0 aliphatic carbocycles. The molecule has 0 atom stereocenters. The van der Waals surface area contributed by atoms with E-state index in [9.17, 15) is 0 Å². The molecule has 0 saturated heterocycles. The maximum atomic E-state index is 5.96. The number of methoxy groups -OCH3 is 2. The van der Waals surface area contributed by atoms with Gasteiger partial charge in [0, 0.05) is 22.9 Å². The summed E-state index contributed by atoms with van der Waals surface area (Å²) in [5.41, 5.74) is 8.67. The average Bonchev–Trinajstić information content (AvgIpc) is 2.49. The summed E-state index contributed by atoms with van der Waals surface area (Å²) in [7, 11) is 3.22. The molecule has 0 aliphatic heterocycles. The van der Waals surface area contributed by atoms with Crippen molar-refractivity contribution in [2.45, 2.75) is 20.3 Å². The van der Waals surface area contributed by atoms with Crippen LogP contribution in [0.4, 0.5) is 5.82 Å². The highest BCUT2D eigenvalue weighted by molar-refractivity contribution is 5.63. The van der Waals surface area contributed by atoms with E-state index < -0.39 is 0 Å². The predicted molar refractivity (Wildman–Crippen MR) is 79.1 cm³/mol. The molecule has 0 fully saturated rings. The minimum Gasteiger partial charge on any atom is -0.497 e. The van der Waals surface area contributed by atoms with Crippen LogP contribution < -0.4 is 15.2 Å². The normalized spacial score (nSPS) is 10.4. The van der Waals surface area contributed by atoms with Crippen LogP contribution in [0.15, 0.2) is 18.2 Å². The molecule has 0 aliphatic rings. The number of nitrogen functional groups attached to an aromatic ring is 1. The summed E-state index contributed by atoms with van der Waals surface area (Å²) in [6.45, 7) is 3.98. The Kier molecular flexibility index (Phi) is 4.08. The highest BCUT2D eigenvalue weighted by Gasteiger charge is 2.11. The van der Waals surface area contributed by atoms with Gasteiger partial charge in [0.15, 0.2) is 5.82 Å². The lowest BCUT2D eigenvalue weighted by molar-refractivity contribution is 0.394. The van der Waals surface area contributed by atoms with Crippen molar-refractivity contribution in [1.82, 2.24) is 9.97 Å². The molecule has 20 heavy (non-hydrogen) atoms. The number of hydrogen-bond acceptors (Lipinski definition) is 5. The molecule has 5 nitrogen and oxygen atoms in total. The summed E-state index contributed by atoms with van der Waals surface area (Å²) in [5.74, 6) is 2.48. The Morgan fingerprint density at radius 3 is 2.15 bits per heavy atom. The third kappa shape index (κ3) is 2.66. The number of hydrogen-bond donors (Lipinski definition) is 1. The smallest absolute Gasteiger partial charge is 0.162 e. The Balaban J connectivity index is 2.58. The van der Waals surface area contributed by atoms with Crippen LogP contribution in [0.5, 0.6) is 11.5 Å². The highest BCUT2D eigenvalue weighted by Crippen LogP contribution is 2.29. The van der Waals surface area contributed by atoms with E-state index in [1.807, 2.05) is 32.0 Å². The highest BCUT2D eigenvalue weighted by atomic mass is 16.5.